The van der Waals surface area contributed by atoms with E-state index in [1.807, 2.05) is 0 Å². The predicted octanol–water partition coefficient (Wildman–Crippen LogP) is 1.01. The van der Waals surface area contributed by atoms with Crippen molar-refractivity contribution in [3.63, 3.8) is 0 Å². The van der Waals surface area contributed by atoms with Crippen LogP contribution in [0.25, 0.3) is 0 Å². The van der Waals surface area contributed by atoms with Crippen LogP contribution in [0.3, 0.4) is 0 Å². The molecule has 0 aliphatic carbocycles. The SMILES string of the molecule is C=CCC(=O)CCC(=O)NCC(=O)CC. The molecule has 0 fully saturated rings. The monoisotopic (exact) mass is 211 g/mol. The van der Waals surface area contributed by atoms with Crippen molar-refractivity contribution in [2.75, 3.05) is 6.54 Å². The van der Waals surface area contributed by atoms with Crippen LogP contribution in [-0.2, 0) is 14.4 Å². The first-order valence-electron chi connectivity index (χ1n) is 5.01. The summed E-state index contributed by atoms with van der Waals surface area (Å²) in [6, 6.07) is 0. The van der Waals surface area contributed by atoms with Gasteiger partial charge in [-0.2, -0.15) is 0 Å². The van der Waals surface area contributed by atoms with Crippen LogP contribution in [0.1, 0.15) is 32.6 Å². The largest absolute Gasteiger partial charge is 0.349 e. The van der Waals surface area contributed by atoms with Gasteiger partial charge in [0.05, 0.1) is 6.54 Å². The maximum Gasteiger partial charge on any atom is 0.220 e. The Hall–Kier alpha value is -1.45. The van der Waals surface area contributed by atoms with Crippen LogP contribution >= 0.6 is 0 Å². The molecule has 84 valence electrons. The van der Waals surface area contributed by atoms with Gasteiger partial charge < -0.3 is 5.32 Å². The van der Waals surface area contributed by atoms with Crippen LogP contribution < -0.4 is 5.32 Å². The first-order valence-corrected chi connectivity index (χ1v) is 5.01. The second kappa shape index (κ2) is 7.91. The number of rotatable bonds is 8. The molecule has 15 heavy (non-hydrogen) atoms. The molecule has 0 aliphatic heterocycles. The zero-order valence-corrected chi connectivity index (χ0v) is 9.04. The van der Waals surface area contributed by atoms with E-state index < -0.39 is 0 Å². The van der Waals surface area contributed by atoms with E-state index >= 15 is 0 Å². The van der Waals surface area contributed by atoms with Gasteiger partial charge in [0.2, 0.25) is 5.91 Å². The molecule has 0 aromatic heterocycles. The van der Waals surface area contributed by atoms with Gasteiger partial charge in [-0.1, -0.05) is 13.0 Å². The van der Waals surface area contributed by atoms with E-state index in [4.69, 9.17) is 0 Å². The molecule has 0 aromatic carbocycles. The van der Waals surface area contributed by atoms with Gasteiger partial charge in [-0.15, -0.1) is 6.58 Å². The first-order chi connectivity index (χ1) is 7.10. The maximum absolute atomic E-state index is 11.1. The summed E-state index contributed by atoms with van der Waals surface area (Å²) in [6.45, 7) is 5.23. The molecule has 0 atom stereocenters. The summed E-state index contributed by atoms with van der Waals surface area (Å²) in [4.78, 5) is 33.0. The molecule has 4 heteroatoms. The minimum absolute atomic E-state index is 0.0121. The summed E-state index contributed by atoms with van der Waals surface area (Å²) in [6.07, 6.45) is 2.57. The highest BCUT2D eigenvalue weighted by Gasteiger charge is 2.06. The Morgan fingerprint density at radius 3 is 2.40 bits per heavy atom. The van der Waals surface area contributed by atoms with Crippen molar-refractivity contribution in [1.82, 2.24) is 5.32 Å². The van der Waals surface area contributed by atoms with Gasteiger partial charge in [-0.25, -0.2) is 0 Å². The summed E-state index contributed by atoms with van der Waals surface area (Å²) in [5.74, 6) is -0.281. The quantitative estimate of drug-likeness (QED) is 0.609. The molecular formula is C11H17NO3. The van der Waals surface area contributed by atoms with Crippen LogP contribution in [0.15, 0.2) is 12.7 Å². The van der Waals surface area contributed by atoms with Crippen LogP contribution in [-0.4, -0.2) is 24.0 Å². The second-order valence-electron chi connectivity index (χ2n) is 3.20. The summed E-state index contributed by atoms with van der Waals surface area (Å²) >= 11 is 0. The number of ketones is 2. The minimum Gasteiger partial charge on any atom is -0.349 e. The van der Waals surface area contributed by atoms with E-state index in [1.54, 1.807) is 6.92 Å². The Balaban J connectivity index is 3.61. The first kappa shape index (κ1) is 13.5. The average Bonchev–Trinajstić information content (AvgIpc) is 2.23. The summed E-state index contributed by atoms with van der Waals surface area (Å²) in [7, 11) is 0. The number of hydrogen-bond acceptors (Lipinski definition) is 3. The van der Waals surface area contributed by atoms with Crippen molar-refractivity contribution in [2.24, 2.45) is 0 Å². The Labute approximate surface area is 89.7 Å². The smallest absolute Gasteiger partial charge is 0.220 e. The highest BCUT2D eigenvalue weighted by atomic mass is 16.2. The van der Waals surface area contributed by atoms with Crippen molar-refractivity contribution < 1.29 is 14.4 Å². The zero-order valence-electron chi connectivity index (χ0n) is 9.04. The Morgan fingerprint density at radius 2 is 1.87 bits per heavy atom. The molecule has 4 nitrogen and oxygen atoms in total. The molecule has 0 aromatic rings. The molecule has 0 aliphatic rings. The molecule has 0 unspecified atom stereocenters. The van der Waals surface area contributed by atoms with Crippen molar-refractivity contribution >= 4 is 17.5 Å². The second-order valence-corrected chi connectivity index (χ2v) is 3.20. The van der Waals surface area contributed by atoms with E-state index in [0.29, 0.717) is 12.8 Å². The minimum atomic E-state index is -0.255. The third kappa shape index (κ3) is 7.61. The highest BCUT2D eigenvalue weighted by Crippen LogP contribution is 1.95. The van der Waals surface area contributed by atoms with E-state index in [9.17, 15) is 14.4 Å². The Kier molecular flexibility index (Phi) is 7.14. The molecule has 0 saturated carbocycles. The number of carbonyl (C=O) groups is 3. The fourth-order valence-electron chi connectivity index (χ4n) is 0.927. The number of allylic oxidation sites excluding steroid dienone is 1. The van der Waals surface area contributed by atoms with E-state index in [0.717, 1.165) is 0 Å². The van der Waals surface area contributed by atoms with E-state index in [-0.39, 0.29) is 36.9 Å². The third-order valence-electron chi connectivity index (χ3n) is 1.88. The lowest BCUT2D eigenvalue weighted by Gasteiger charge is -2.02. The average molecular weight is 211 g/mol. The van der Waals surface area contributed by atoms with Gasteiger partial charge in [0.15, 0.2) is 5.78 Å². The molecule has 0 bridgehead atoms. The van der Waals surface area contributed by atoms with Gasteiger partial charge in [0.25, 0.3) is 0 Å². The fourth-order valence-corrected chi connectivity index (χ4v) is 0.927. The van der Waals surface area contributed by atoms with Crippen LogP contribution in [0, 0.1) is 0 Å². The van der Waals surface area contributed by atoms with Crippen molar-refractivity contribution in [3.8, 4) is 0 Å². The highest BCUT2D eigenvalue weighted by molar-refractivity contribution is 5.88. The van der Waals surface area contributed by atoms with Crippen LogP contribution in [0.4, 0.5) is 0 Å². The van der Waals surface area contributed by atoms with Gasteiger partial charge in [0.1, 0.15) is 5.78 Å². The molecule has 1 N–H and O–H groups in total. The number of nitrogens with one attached hydrogen (secondary N) is 1. The zero-order chi connectivity index (χ0) is 11.7. The number of amides is 1. The van der Waals surface area contributed by atoms with Gasteiger partial charge in [0, 0.05) is 25.7 Å². The van der Waals surface area contributed by atoms with Crippen LogP contribution in [0.2, 0.25) is 0 Å². The molecular weight excluding hydrogens is 194 g/mol. The molecule has 0 heterocycles. The lowest BCUT2D eigenvalue weighted by Crippen LogP contribution is -2.29. The maximum atomic E-state index is 11.1. The Bertz CT molecular complexity index is 259. The molecule has 0 radical (unpaired) electrons. The van der Waals surface area contributed by atoms with E-state index in [1.165, 1.54) is 6.08 Å². The molecule has 0 spiro atoms. The number of hydrogen-bond donors (Lipinski definition) is 1. The summed E-state index contributed by atoms with van der Waals surface area (Å²) in [5, 5.41) is 2.46. The fraction of sp³-hybridized carbons (Fsp3) is 0.545. The predicted molar refractivity (Wildman–Crippen MR) is 57.4 cm³/mol. The topological polar surface area (TPSA) is 63.2 Å². The van der Waals surface area contributed by atoms with Gasteiger partial charge >= 0.3 is 0 Å². The van der Waals surface area contributed by atoms with Crippen molar-refractivity contribution in [1.29, 1.82) is 0 Å². The van der Waals surface area contributed by atoms with E-state index in [2.05, 4.69) is 11.9 Å². The van der Waals surface area contributed by atoms with Gasteiger partial charge in [-0.05, 0) is 0 Å². The molecule has 0 rings (SSSR count). The number of carbonyl (C=O) groups excluding carboxylic acids is 3. The lowest BCUT2D eigenvalue weighted by atomic mass is 10.1. The van der Waals surface area contributed by atoms with Crippen molar-refractivity contribution in [2.45, 2.75) is 32.6 Å². The van der Waals surface area contributed by atoms with Crippen molar-refractivity contribution in [3.05, 3.63) is 12.7 Å². The standard InChI is InChI=1S/C11H17NO3/c1-3-5-10(14)6-7-11(15)12-8-9(13)4-2/h3H,1,4-8H2,2H3,(H,12,15). The summed E-state index contributed by atoms with van der Waals surface area (Å²) in [5.41, 5.74) is 0. The van der Waals surface area contributed by atoms with Crippen LogP contribution in [0.5, 0.6) is 0 Å². The normalized spacial score (nSPS) is 9.40. The molecule has 1 amide bonds. The summed E-state index contributed by atoms with van der Waals surface area (Å²) < 4.78 is 0. The Morgan fingerprint density at radius 1 is 1.20 bits per heavy atom. The van der Waals surface area contributed by atoms with Gasteiger partial charge in [-0.3, -0.25) is 14.4 Å². The third-order valence-corrected chi connectivity index (χ3v) is 1.88. The molecule has 0 saturated heterocycles. The lowest BCUT2D eigenvalue weighted by molar-refractivity contribution is -0.126. The number of Topliss-reactive ketones (excluding diaryl/α,β-unsaturated/α-hetero) is 2.